The maximum Gasteiger partial charge on any atom is 0.410 e. The zero-order valence-corrected chi connectivity index (χ0v) is 14.2. The number of hydrogen-bond acceptors (Lipinski definition) is 4. The molecule has 1 aromatic heterocycles. The van der Waals surface area contributed by atoms with Gasteiger partial charge in [0.05, 0.1) is 0 Å². The highest BCUT2D eigenvalue weighted by atomic mass is 35.5. The molecule has 1 amide bonds. The molecule has 21 heavy (non-hydrogen) atoms. The van der Waals surface area contributed by atoms with Crippen LogP contribution in [-0.4, -0.2) is 39.9 Å². The second kappa shape index (κ2) is 6.88. The highest BCUT2D eigenvalue weighted by molar-refractivity contribution is 7.99. The van der Waals surface area contributed by atoms with Gasteiger partial charge in [0.25, 0.3) is 0 Å². The number of pyridine rings is 1. The number of aromatic nitrogens is 1. The second-order valence-corrected chi connectivity index (χ2v) is 7.81. The predicted octanol–water partition coefficient (Wildman–Crippen LogP) is 3.98. The van der Waals surface area contributed by atoms with Crippen LogP contribution in [0.5, 0.6) is 0 Å². The summed E-state index contributed by atoms with van der Waals surface area (Å²) >= 11 is 7.62. The summed E-state index contributed by atoms with van der Waals surface area (Å²) in [5.41, 5.74) is 0.720. The average Bonchev–Trinajstić information content (AvgIpc) is 2.85. The summed E-state index contributed by atoms with van der Waals surface area (Å²) in [6.07, 6.45) is 2.60. The van der Waals surface area contributed by atoms with E-state index in [1.54, 1.807) is 17.2 Å². The molecule has 1 aliphatic rings. The van der Waals surface area contributed by atoms with Crippen LogP contribution in [-0.2, 0) is 10.5 Å². The average molecular weight is 329 g/mol. The number of rotatable bonds is 3. The first-order chi connectivity index (χ1) is 9.83. The lowest BCUT2D eigenvalue weighted by Gasteiger charge is -2.24. The van der Waals surface area contributed by atoms with Crippen molar-refractivity contribution in [1.82, 2.24) is 9.88 Å². The first-order valence-electron chi connectivity index (χ1n) is 7.03. The molecule has 4 nitrogen and oxygen atoms in total. The highest BCUT2D eigenvalue weighted by Crippen LogP contribution is 2.27. The largest absolute Gasteiger partial charge is 0.444 e. The molecule has 0 radical (unpaired) electrons. The van der Waals surface area contributed by atoms with E-state index < -0.39 is 5.60 Å². The standard InChI is InChI=1S/C15H21ClN2O2S/c1-15(2,3)20-14(19)18-7-6-12(9-18)21-10-11-4-5-13(16)17-8-11/h4-5,8,12H,6-7,9-10H2,1-3H3/t12-/m1/s1. The fraction of sp³-hybridized carbons (Fsp3) is 0.600. The fourth-order valence-corrected chi connectivity index (χ4v) is 3.33. The van der Waals surface area contributed by atoms with Crippen molar-refractivity contribution < 1.29 is 9.53 Å². The minimum Gasteiger partial charge on any atom is -0.444 e. The van der Waals surface area contributed by atoms with Crippen molar-refractivity contribution in [1.29, 1.82) is 0 Å². The molecule has 1 saturated heterocycles. The van der Waals surface area contributed by atoms with Gasteiger partial charge in [-0.1, -0.05) is 17.7 Å². The molecule has 0 N–H and O–H groups in total. The molecule has 6 heteroatoms. The van der Waals surface area contributed by atoms with Gasteiger partial charge in [-0.05, 0) is 38.8 Å². The van der Waals surface area contributed by atoms with E-state index >= 15 is 0 Å². The van der Waals surface area contributed by atoms with Crippen LogP contribution in [0.15, 0.2) is 18.3 Å². The number of carbonyl (C=O) groups excluding carboxylic acids is 1. The number of nitrogens with zero attached hydrogens (tertiary/aromatic N) is 2. The van der Waals surface area contributed by atoms with Gasteiger partial charge in [0.2, 0.25) is 0 Å². The summed E-state index contributed by atoms with van der Waals surface area (Å²) in [5, 5.41) is 0.967. The van der Waals surface area contributed by atoms with Crippen LogP contribution in [0, 0.1) is 0 Å². The third-order valence-electron chi connectivity index (χ3n) is 3.07. The minimum atomic E-state index is -0.433. The van der Waals surface area contributed by atoms with E-state index in [0.717, 1.165) is 30.8 Å². The van der Waals surface area contributed by atoms with Gasteiger partial charge in [-0.3, -0.25) is 0 Å². The van der Waals surface area contributed by atoms with Crippen LogP contribution in [0.25, 0.3) is 0 Å². The van der Waals surface area contributed by atoms with Gasteiger partial charge in [0, 0.05) is 30.3 Å². The molecule has 0 bridgehead atoms. The number of ether oxygens (including phenoxy) is 1. The van der Waals surface area contributed by atoms with E-state index in [1.165, 1.54) is 0 Å². The van der Waals surface area contributed by atoms with Crippen LogP contribution < -0.4 is 0 Å². The van der Waals surface area contributed by atoms with Crippen LogP contribution in [0.3, 0.4) is 0 Å². The van der Waals surface area contributed by atoms with Gasteiger partial charge >= 0.3 is 6.09 Å². The van der Waals surface area contributed by atoms with Gasteiger partial charge in [0.1, 0.15) is 10.8 Å². The quantitative estimate of drug-likeness (QED) is 0.787. The van der Waals surface area contributed by atoms with Gasteiger partial charge < -0.3 is 9.64 Å². The van der Waals surface area contributed by atoms with Crippen molar-refractivity contribution in [3.8, 4) is 0 Å². The number of hydrogen-bond donors (Lipinski definition) is 0. The number of carbonyl (C=O) groups is 1. The Kier molecular flexibility index (Phi) is 5.38. The SMILES string of the molecule is CC(C)(C)OC(=O)N1CC[C@@H](SCc2ccc(Cl)nc2)C1. The maximum absolute atomic E-state index is 12.0. The molecular formula is C15H21ClN2O2S. The monoisotopic (exact) mass is 328 g/mol. The van der Waals surface area contributed by atoms with Crippen molar-refractivity contribution in [3.05, 3.63) is 29.0 Å². The topological polar surface area (TPSA) is 42.4 Å². The molecule has 2 heterocycles. The van der Waals surface area contributed by atoms with E-state index in [4.69, 9.17) is 16.3 Å². The summed E-state index contributed by atoms with van der Waals surface area (Å²) in [7, 11) is 0. The normalized spacial score (nSPS) is 18.9. The Morgan fingerprint density at radius 3 is 2.90 bits per heavy atom. The summed E-state index contributed by atoms with van der Waals surface area (Å²) in [6.45, 7) is 7.19. The van der Waals surface area contributed by atoms with E-state index in [2.05, 4.69) is 4.98 Å². The van der Waals surface area contributed by atoms with E-state index in [0.29, 0.717) is 10.4 Å². The molecule has 2 rings (SSSR count). The maximum atomic E-state index is 12.0. The lowest BCUT2D eigenvalue weighted by atomic mass is 10.2. The van der Waals surface area contributed by atoms with Crippen molar-refractivity contribution in [2.75, 3.05) is 13.1 Å². The number of halogens is 1. The van der Waals surface area contributed by atoms with Crippen LogP contribution in [0.4, 0.5) is 4.79 Å². The predicted molar refractivity (Wildman–Crippen MR) is 86.8 cm³/mol. The summed E-state index contributed by atoms with van der Waals surface area (Å²) in [5.74, 6) is 0.886. The zero-order valence-electron chi connectivity index (χ0n) is 12.6. The van der Waals surface area contributed by atoms with Crippen molar-refractivity contribution >= 4 is 29.5 Å². The van der Waals surface area contributed by atoms with Crippen LogP contribution >= 0.6 is 23.4 Å². The first kappa shape index (κ1) is 16.4. The first-order valence-corrected chi connectivity index (χ1v) is 8.46. The molecule has 1 fully saturated rings. The Bertz CT molecular complexity index is 487. The second-order valence-electron chi connectivity index (χ2n) is 6.14. The molecule has 0 unspecified atom stereocenters. The Morgan fingerprint density at radius 2 is 2.29 bits per heavy atom. The molecule has 1 atom stereocenters. The Morgan fingerprint density at radius 1 is 1.52 bits per heavy atom. The minimum absolute atomic E-state index is 0.209. The van der Waals surface area contributed by atoms with Crippen molar-refractivity contribution in [2.45, 2.75) is 43.8 Å². The molecule has 0 spiro atoms. The van der Waals surface area contributed by atoms with E-state index in [-0.39, 0.29) is 6.09 Å². The number of likely N-dealkylation sites (tertiary alicyclic amines) is 1. The smallest absolute Gasteiger partial charge is 0.410 e. The summed E-state index contributed by atoms with van der Waals surface area (Å²) in [4.78, 5) is 17.9. The zero-order chi connectivity index (χ0) is 15.5. The molecule has 0 saturated carbocycles. The van der Waals surface area contributed by atoms with E-state index in [9.17, 15) is 4.79 Å². The van der Waals surface area contributed by atoms with Crippen molar-refractivity contribution in [3.63, 3.8) is 0 Å². The Hall–Kier alpha value is -0.940. The van der Waals surface area contributed by atoms with Gasteiger partial charge in [-0.25, -0.2) is 9.78 Å². The number of thioether (sulfide) groups is 1. The molecule has 1 aromatic rings. The highest BCUT2D eigenvalue weighted by Gasteiger charge is 2.29. The lowest BCUT2D eigenvalue weighted by Crippen LogP contribution is -2.35. The third kappa shape index (κ3) is 5.40. The van der Waals surface area contributed by atoms with Crippen molar-refractivity contribution in [2.24, 2.45) is 0 Å². The summed E-state index contributed by atoms with van der Waals surface area (Å²) < 4.78 is 5.40. The Labute approximate surface area is 135 Å². The summed E-state index contributed by atoms with van der Waals surface area (Å²) in [6, 6.07) is 3.79. The van der Waals surface area contributed by atoms with E-state index in [1.807, 2.05) is 38.6 Å². The fourth-order valence-electron chi connectivity index (χ4n) is 2.06. The molecule has 0 aliphatic carbocycles. The molecule has 1 aliphatic heterocycles. The van der Waals surface area contributed by atoms with Crippen LogP contribution in [0.1, 0.15) is 32.8 Å². The molecule has 116 valence electrons. The number of amides is 1. The van der Waals surface area contributed by atoms with Gasteiger partial charge in [-0.2, -0.15) is 11.8 Å². The molecule has 0 aromatic carbocycles. The van der Waals surface area contributed by atoms with Gasteiger partial charge in [0.15, 0.2) is 0 Å². The Balaban J connectivity index is 1.77. The lowest BCUT2D eigenvalue weighted by molar-refractivity contribution is 0.0295. The van der Waals surface area contributed by atoms with Gasteiger partial charge in [-0.15, -0.1) is 0 Å². The third-order valence-corrected chi connectivity index (χ3v) is 4.65. The van der Waals surface area contributed by atoms with Crippen LogP contribution in [0.2, 0.25) is 5.15 Å². The molecular weight excluding hydrogens is 308 g/mol.